The largest absolute Gasteiger partial charge is 0.375 e. The van der Waals surface area contributed by atoms with Gasteiger partial charge in [-0.1, -0.05) is 55.5 Å². The molecule has 0 radical (unpaired) electrons. The molecule has 0 saturated heterocycles. The maximum Gasteiger partial charge on any atom is 0.224 e. The predicted octanol–water partition coefficient (Wildman–Crippen LogP) is 2.54. The van der Waals surface area contributed by atoms with Gasteiger partial charge in [0.25, 0.3) is 0 Å². The van der Waals surface area contributed by atoms with Crippen LogP contribution in [0.15, 0.2) is 48.6 Å². The van der Waals surface area contributed by atoms with Crippen molar-refractivity contribution < 1.29 is 14.6 Å². The van der Waals surface area contributed by atoms with Crippen LogP contribution in [0.1, 0.15) is 25.3 Å². The molecule has 0 fully saturated rings. The third-order valence-corrected chi connectivity index (χ3v) is 4.17. The van der Waals surface area contributed by atoms with E-state index in [1.54, 1.807) is 18.2 Å². The van der Waals surface area contributed by atoms with Crippen molar-refractivity contribution in [3.05, 3.63) is 54.1 Å². The van der Waals surface area contributed by atoms with Gasteiger partial charge < -0.3 is 15.7 Å². The second-order valence-electron chi connectivity index (χ2n) is 4.53. The fourth-order valence-electron chi connectivity index (χ4n) is 1.81. The molecule has 0 aromatic heterocycles. The van der Waals surface area contributed by atoms with Crippen LogP contribution >= 0.6 is 8.03 Å². The highest BCUT2D eigenvalue weighted by atomic mass is 31.1. The van der Waals surface area contributed by atoms with Crippen LogP contribution in [0.2, 0.25) is 0 Å². The number of rotatable bonds is 3. The van der Waals surface area contributed by atoms with E-state index in [4.69, 9.17) is 5.73 Å². The van der Waals surface area contributed by atoms with E-state index in [9.17, 15) is 14.6 Å². The van der Waals surface area contributed by atoms with E-state index in [0.29, 0.717) is 5.57 Å². The quantitative estimate of drug-likeness (QED) is 0.748. The molecular weight excluding hydrogens is 273 g/mol. The Hall–Kier alpha value is -1.19. The Balaban J connectivity index is 0.000000444. The molecule has 2 atom stereocenters. The molecule has 2 unspecified atom stereocenters. The summed E-state index contributed by atoms with van der Waals surface area (Å²) in [6, 6.07) is 9.18. The molecule has 4 N–H and O–H groups in total. The average Bonchev–Trinajstić information content (AvgIpc) is 2.49. The second-order valence-corrected chi connectivity index (χ2v) is 5.97. The van der Waals surface area contributed by atoms with Crippen LogP contribution in [0.5, 0.6) is 0 Å². The first-order valence-corrected chi connectivity index (χ1v) is 8.00. The minimum atomic E-state index is -3.04. The molecule has 0 heterocycles. The van der Waals surface area contributed by atoms with Crippen LogP contribution < -0.4 is 5.73 Å². The Labute approximate surface area is 120 Å². The lowest BCUT2D eigenvalue weighted by Crippen LogP contribution is -2.26. The van der Waals surface area contributed by atoms with Crippen LogP contribution in [0.3, 0.4) is 0 Å². The molecule has 0 saturated carbocycles. The van der Waals surface area contributed by atoms with E-state index >= 15 is 0 Å². The zero-order valence-corrected chi connectivity index (χ0v) is 12.6. The van der Waals surface area contributed by atoms with E-state index in [2.05, 4.69) is 6.92 Å². The smallest absolute Gasteiger partial charge is 0.224 e. The summed E-state index contributed by atoms with van der Waals surface area (Å²) >= 11 is 0. The number of hydrogen-bond donors (Lipinski definition) is 3. The topological polar surface area (TPSA) is 83.6 Å². The Morgan fingerprint density at radius 2 is 1.95 bits per heavy atom. The third kappa shape index (κ3) is 4.15. The van der Waals surface area contributed by atoms with Crippen molar-refractivity contribution in [2.75, 3.05) is 6.54 Å². The van der Waals surface area contributed by atoms with Gasteiger partial charge in [-0.15, -0.1) is 0 Å². The first-order valence-electron chi connectivity index (χ1n) is 6.64. The number of hydrogen-bond acceptors (Lipinski definition) is 3. The van der Waals surface area contributed by atoms with E-state index in [0.717, 1.165) is 18.5 Å². The third-order valence-electron chi connectivity index (χ3n) is 2.99. The zero-order valence-electron chi connectivity index (χ0n) is 11.6. The molecule has 0 bridgehead atoms. The summed E-state index contributed by atoms with van der Waals surface area (Å²) in [5.41, 5.74) is 6.32. The van der Waals surface area contributed by atoms with E-state index in [1.807, 2.05) is 30.3 Å². The molecule has 5 heteroatoms. The summed E-state index contributed by atoms with van der Waals surface area (Å²) in [5.74, 6) is 0. The summed E-state index contributed by atoms with van der Waals surface area (Å²) in [5, 5.41) is 8.60. The van der Waals surface area contributed by atoms with Gasteiger partial charge in [-0.05, 0) is 18.5 Å². The van der Waals surface area contributed by atoms with Crippen LogP contribution in [0, 0.1) is 0 Å². The lowest BCUT2D eigenvalue weighted by Gasteiger charge is -2.29. The molecule has 0 spiro atoms. The van der Waals surface area contributed by atoms with Crippen LogP contribution in [0.25, 0.3) is 5.57 Å². The second kappa shape index (κ2) is 8.18. The van der Waals surface area contributed by atoms with Crippen molar-refractivity contribution >= 4 is 13.6 Å². The molecule has 1 aromatic carbocycles. The van der Waals surface area contributed by atoms with E-state index < -0.39 is 13.4 Å². The maximum absolute atomic E-state index is 11.3. The monoisotopic (exact) mass is 295 g/mol. The predicted molar refractivity (Wildman–Crippen MR) is 83.7 cm³/mol. The van der Waals surface area contributed by atoms with Gasteiger partial charge in [0, 0.05) is 12.0 Å². The zero-order chi connectivity index (χ0) is 15.0. The fourth-order valence-corrected chi connectivity index (χ4v) is 2.56. The Bertz CT molecular complexity index is 497. The first-order chi connectivity index (χ1) is 9.56. The van der Waals surface area contributed by atoms with Crippen LogP contribution in [-0.2, 0) is 4.57 Å². The minimum Gasteiger partial charge on any atom is -0.375 e. The van der Waals surface area contributed by atoms with Gasteiger partial charge in [0.15, 0.2) is 5.34 Å². The van der Waals surface area contributed by atoms with Gasteiger partial charge >= 0.3 is 0 Å². The standard InChI is InChI=1S/C12H13O3P.C3H9N/c13-12(16(14)15)9-5-4-8-11(12)10-6-2-1-3-7-10;1-2-3-4/h1-8,13,16H,9H2,(H,14,15);2-4H2,1H3. The van der Waals surface area contributed by atoms with Crippen molar-refractivity contribution in [3.8, 4) is 0 Å². The summed E-state index contributed by atoms with van der Waals surface area (Å²) in [6.45, 7) is 2.88. The molecule has 110 valence electrons. The van der Waals surface area contributed by atoms with Gasteiger partial charge in [-0.2, -0.15) is 0 Å². The first kappa shape index (κ1) is 16.9. The van der Waals surface area contributed by atoms with Crippen molar-refractivity contribution in [3.63, 3.8) is 0 Å². The summed E-state index contributed by atoms with van der Waals surface area (Å²) in [7, 11) is -3.04. The SMILES string of the molecule is CCCN.O=[PH](O)C1(O)CC=CC=C1c1ccccc1. The van der Waals surface area contributed by atoms with E-state index in [-0.39, 0.29) is 6.42 Å². The van der Waals surface area contributed by atoms with Gasteiger partial charge in [0.1, 0.15) is 0 Å². The number of benzene rings is 1. The van der Waals surface area contributed by atoms with E-state index in [1.165, 1.54) is 0 Å². The van der Waals surface area contributed by atoms with Crippen LogP contribution in [0.4, 0.5) is 0 Å². The minimum absolute atomic E-state index is 0.183. The van der Waals surface area contributed by atoms with Crippen LogP contribution in [-0.4, -0.2) is 21.9 Å². The highest BCUT2D eigenvalue weighted by Crippen LogP contribution is 2.47. The molecule has 0 amide bonds. The lowest BCUT2D eigenvalue weighted by atomic mass is 9.94. The van der Waals surface area contributed by atoms with Gasteiger partial charge in [0.05, 0.1) is 0 Å². The average molecular weight is 295 g/mol. The van der Waals surface area contributed by atoms with Gasteiger partial charge in [0.2, 0.25) is 8.03 Å². The normalized spacial score (nSPS) is 22.5. The number of allylic oxidation sites excluding steroid dienone is 2. The molecule has 1 aliphatic carbocycles. The fraction of sp³-hybridized carbons (Fsp3) is 0.333. The Morgan fingerprint density at radius 3 is 2.45 bits per heavy atom. The van der Waals surface area contributed by atoms with Gasteiger partial charge in [-0.3, -0.25) is 4.57 Å². The number of nitrogens with two attached hydrogens (primary N) is 1. The molecule has 20 heavy (non-hydrogen) atoms. The number of aliphatic hydroxyl groups is 1. The molecule has 2 rings (SSSR count). The molecule has 0 aliphatic heterocycles. The highest BCUT2D eigenvalue weighted by Gasteiger charge is 2.37. The molecule has 4 nitrogen and oxygen atoms in total. The molecule has 1 aromatic rings. The van der Waals surface area contributed by atoms with Gasteiger partial charge in [-0.25, -0.2) is 0 Å². The van der Waals surface area contributed by atoms with Crippen molar-refractivity contribution in [1.29, 1.82) is 0 Å². The van der Waals surface area contributed by atoms with Crippen molar-refractivity contribution in [1.82, 2.24) is 0 Å². The highest BCUT2D eigenvalue weighted by molar-refractivity contribution is 7.40. The van der Waals surface area contributed by atoms with Crippen molar-refractivity contribution in [2.45, 2.75) is 25.1 Å². The lowest BCUT2D eigenvalue weighted by molar-refractivity contribution is 0.176. The maximum atomic E-state index is 11.3. The van der Waals surface area contributed by atoms with Crippen molar-refractivity contribution in [2.24, 2.45) is 5.73 Å². The molecule has 1 aliphatic rings. The Morgan fingerprint density at radius 1 is 1.35 bits per heavy atom. The summed E-state index contributed by atoms with van der Waals surface area (Å²) in [4.78, 5) is 9.29. The summed E-state index contributed by atoms with van der Waals surface area (Å²) in [6.07, 6.45) is 6.46. The Kier molecular flexibility index (Phi) is 6.89. The molecular formula is C15H22NO3P. The summed E-state index contributed by atoms with van der Waals surface area (Å²) < 4.78 is 11.3.